The number of amides is 1. The monoisotopic (exact) mass is 403 g/mol. The van der Waals surface area contributed by atoms with Gasteiger partial charge in [-0.25, -0.2) is 15.0 Å². The van der Waals surface area contributed by atoms with E-state index < -0.39 is 0 Å². The van der Waals surface area contributed by atoms with E-state index in [1.165, 1.54) is 31.0 Å². The van der Waals surface area contributed by atoms with Gasteiger partial charge >= 0.3 is 0 Å². The van der Waals surface area contributed by atoms with E-state index in [4.69, 9.17) is 9.47 Å². The third kappa shape index (κ3) is 4.77. The van der Waals surface area contributed by atoms with Gasteiger partial charge in [0, 0.05) is 43.5 Å². The number of hydrogen-bond acceptors (Lipinski definition) is 8. The molecule has 4 rings (SSSR count). The van der Waals surface area contributed by atoms with Gasteiger partial charge in [-0.05, 0) is 26.2 Å². The minimum Gasteiger partial charge on any atom is -0.474 e. The van der Waals surface area contributed by atoms with Crippen molar-refractivity contribution in [3.05, 3.63) is 23.5 Å². The van der Waals surface area contributed by atoms with Crippen LogP contribution in [0.25, 0.3) is 0 Å². The SMILES string of the molecule is CC(=O)Nc1ncc(CN2C[C@H](Oc3cc(OC4CCC4)ncn3)C[C@@H]2C)s1. The topological polar surface area (TPSA) is 89.5 Å². The summed E-state index contributed by atoms with van der Waals surface area (Å²) in [7, 11) is 0. The van der Waals surface area contributed by atoms with Crippen molar-refractivity contribution in [3.8, 4) is 11.8 Å². The van der Waals surface area contributed by atoms with Crippen LogP contribution in [0.4, 0.5) is 5.13 Å². The highest BCUT2D eigenvalue weighted by Gasteiger charge is 2.31. The first kappa shape index (κ1) is 19.1. The Morgan fingerprint density at radius 2 is 2.00 bits per heavy atom. The summed E-state index contributed by atoms with van der Waals surface area (Å²) in [6.07, 6.45) is 8.02. The largest absolute Gasteiger partial charge is 0.474 e. The zero-order valence-corrected chi connectivity index (χ0v) is 16.9. The second-order valence-electron chi connectivity index (χ2n) is 7.43. The molecule has 0 aromatic carbocycles. The van der Waals surface area contributed by atoms with Gasteiger partial charge in [-0.3, -0.25) is 9.69 Å². The molecule has 0 radical (unpaired) electrons. The molecule has 1 amide bonds. The minimum atomic E-state index is -0.102. The van der Waals surface area contributed by atoms with Crippen LogP contribution in [0, 0.1) is 0 Å². The number of thiazole rings is 1. The van der Waals surface area contributed by atoms with Crippen molar-refractivity contribution in [1.29, 1.82) is 0 Å². The Balaban J connectivity index is 1.31. The average Bonchev–Trinajstić information content (AvgIpc) is 3.18. The van der Waals surface area contributed by atoms with Crippen LogP contribution in [-0.2, 0) is 11.3 Å². The molecule has 8 nitrogen and oxygen atoms in total. The Kier molecular flexibility index (Phi) is 5.72. The maximum Gasteiger partial charge on any atom is 0.223 e. The number of carbonyl (C=O) groups is 1. The fraction of sp³-hybridized carbons (Fsp3) is 0.579. The van der Waals surface area contributed by atoms with Crippen LogP contribution >= 0.6 is 11.3 Å². The number of aromatic nitrogens is 3. The van der Waals surface area contributed by atoms with E-state index in [-0.39, 0.29) is 18.1 Å². The van der Waals surface area contributed by atoms with Gasteiger partial charge in [0.1, 0.15) is 18.5 Å². The lowest BCUT2D eigenvalue weighted by atomic mass is 9.96. The summed E-state index contributed by atoms with van der Waals surface area (Å²) in [6.45, 7) is 5.29. The first-order chi connectivity index (χ1) is 13.5. The molecule has 2 fully saturated rings. The molecule has 9 heteroatoms. The number of nitrogens with zero attached hydrogens (tertiary/aromatic N) is 4. The van der Waals surface area contributed by atoms with Crippen LogP contribution in [0.1, 0.15) is 44.4 Å². The van der Waals surface area contributed by atoms with E-state index in [2.05, 4.69) is 32.1 Å². The van der Waals surface area contributed by atoms with Crippen LogP contribution in [0.5, 0.6) is 11.8 Å². The molecule has 1 N–H and O–H groups in total. The van der Waals surface area contributed by atoms with Gasteiger partial charge in [0.25, 0.3) is 0 Å². The fourth-order valence-electron chi connectivity index (χ4n) is 3.42. The van der Waals surface area contributed by atoms with Crippen molar-refractivity contribution < 1.29 is 14.3 Å². The molecule has 2 aromatic heterocycles. The Hall–Kier alpha value is -2.26. The predicted molar refractivity (Wildman–Crippen MR) is 106 cm³/mol. The molecule has 3 heterocycles. The van der Waals surface area contributed by atoms with Crippen LogP contribution < -0.4 is 14.8 Å². The lowest BCUT2D eigenvalue weighted by Crippen LogP contribution is -2.27. The molecule has 28 heavy (non-hydrogen) atoms. The van der Waals surface area contributed by atoms with Gasteiger partial charge in [0.2, 0.25) is 17.7 Å². The van der Waals surface area contributed by atoms with E-state index in [0.717, 1.165) is 37.2 Å². The van der Waals surface area contributed by atoms with Crippen molar-refractivity contribution in [2.45, 2.75) is 64.3 Å². The second-order valence-corrected chi connectivity index (χ2v) is 8.55. The number of nitrogens with one attached hydrogen (secondary N) is 1. The summed E-state index contributed by atoms with van der Waals surface area (Å²) < 4.78 is 11.9. The third-order valence-corrected chi connectivity index (χ3v) is 6.00. The fourth-order valence-corrected chi connectivity index (χ4v) is 4.31. The first-order valence-corrected chi connectivity index (χ1v) is 10.5. The molecule has 0 spiro atoms. The van der Waals surface area contributed by atoms with Crippen molar-refractivity contribution in [2.75, 3.05) is 11.9 Å². The number of likely N-dealkylation sites (tertiary alicyclic amines) is 1. The number of ether oxygens (including phenoxy) is 2. The van der Waals surface area contributed by atoms with Crippen LogP contribution in [-0.4, -0.2) is 50.6 Å². The summed E-state index contributed by atoms with van der Waals surface area (Å²) in [4.78, 5) is 27.3. The second kappa shape index (κ2) is 8.40. The molecule has 1 aliphatic heterocycles. The maximum absolute atomic E-state index is 11.1. The van der Waals surface area contributed by atoms with Crippen molar-refractivity contribution >= 4 is 22.4 Å². The summed E-state index contributed by atoms with van der Waals surface area (Å²) in [5, 5.41) is 3.37. The highest BCUT2D eigenvalue weighted by Crippen LogP contribution is 2.28. The maximum atomic E-state index is 11.1. The predicted octanol–water partition coefficient (Wildman–Crippen LogP) is 2.86. The Labute approximate surface area is 168 Å². The van der Waals surface area contributed by atoms with Gasteiger partial charge in [-0.1, -0.05) is 0 Å². The van der Waals surface area contributed by atoms with Crippen LogP contribution in [0.15, 0.2) is 18.6 Å². The molecule has 1 saturated heterocycles. The lowest BCUT2D eigenvalue weighted by molar-refractivity contribution is -0.114. The van der Waals surface area contributed by atoms with Gasteiger partial charge in [-0.2, -0.15) is 0 Å². The molecule has 150 valence electrons. The summed E-state index contributed by atoms with van der Waals surface area (Å²) in [5.74, 6) is 1.05. The minimum absolute atomic E-state index is 0.0733. The zero-order valence-electron chi connectivity index (χ0n) is 16.1. The Morgan fingerprint density at radius 3 is 2.68 bits per heavy atom. The van der Waals surface area contributed by atoms with Gasteiger partial charge in [-0.15, -0.1) is 11.3 Å². The van der Waals surface area contributed by atoms with E-state index in [9.17, 15) is 4.79 Å². The molecule has 0 unspecified atom stereocenters. The van der Waals surface area contributed by atoms with E-state index in [1.54, 1.807) is 6.07 Å². The van der Waals surface area contributed by atoms with Gasteiger partial charge in [0.15, 0.2) is 5.13 Å². The summed E-state index contributed by atoms with van der Waals surface area (Å²) in [5.41, 5.74) is 0. The highest BCUT2D eigenvalue weighted by molar-refractivity contribution is 7.15. The average molecular weight is 404 g/mol. The number of anilines is 1. The van der Waals surface area contributed by atoms with Crippen molar-refractivity contribution in [1.82, 2.24) is 19.9 Å². The summed E-state index contributed by atoms with van der Waals surface area (Å²) >= 11 is 1.51. The summed E-state index contributed by atoms with van der Waals surface area (Å²) in [6, 6.07) is 2.18. The van der Waals surface area contributed by atoms with Crippen molar-refractivity contribution in [2.24, 2.45) is 0 Å². The standard InChI is InChI=1S/C19H25N5O3S/c1-12-6-15(9-24(12)10-16-8-20-19(28-16)23-13(2)25)27-18-7-17(21-11-22-18)26-14-4-3-5-14/h7-8,11-12,14-15H,3-6,9-10H2,1-2H3,(H,20,23,25)/t12-,15+/m0/s1. The lowest BCUT2D eigenvalue weighted by Gasteiger charge is -2.25. The molecule has 2 atom stereocenters. The van der Waals surface area contributed by atoms with Gasteiger partial charge in [0.05, 0.1) is 6.07 Å². The van der Waals surface area contributed by atoms with Crippen molar-refractivity contribution in [3.63, 3.8) is 0 Å². The smallest absolute Gasteiger partial charge is 0.223 e. The zero-order chi connectivity index (χ0) is 19.5. The third-order valence-electron chi connectivity index (χ3n) is 5.10. The first-order valence-electron chi connectivity index (χ1n) is 9.67. The highest BCUT2D eigenvalue weighted by atomic mass is 32.1. The molecule has 2 aromatic rings. The number of carbonyl (C=O) groups excluding carboxylic acids is 1. The van der Waals surface area contributed by atoms with E-state index in [1.807, 2.05) is 6.20 Å². The number of hydrogen-bond donors (Lipinski definition) is 1. The number of rotatable bonds is 7. The van der Waals surface area contributed by atoms with Gasteiger partial charge < -0.3 is 14.8 Å². The van der Waals surface area contributed by atoms with E-state index >= 15 is 0 Å². The molecule has 0 bridgehead atoms. The molecular weight excluding hydrogens is 378 g/mol. The Morgan fingerprint density at radius 1 is 1.25 bits per heavy atom. The molecular formula is C19H25N5O3S. The molecule has 2 aliphatic rings. The van der Waals surface area contributed by atoms with Crippen LogP contribution in [0.2, 0.25) is 0 Å². The molecule has 1 aliphatic carbocycles. The molecule has 1 saturated carbocycles. The quantitative estimate of drug-likeness (QED) is 0.760. The van der Waals surface area contributed by atoms with Crippen LogP contribution in [0.3, 0.4) is 0 Å². The normalized spacial score (nSPS) is 22.6. The van der Waals surface area contributed by atoms with E-state index in [0.29, 0.717) is 22.9 Å². The Bertz CT molecular complexity index is 825.